The number of benzene rings is 2. The molecule has 9 heteroatoms. The van der Waals surface area contributed by atoms with E-state index in [2.05, 4.69) is 26.3 Å². The fourth-order valence-corrected chi connectivity index (χ4v) is 3.95. The van der Waals surface area contributed by atoms with Gasteiger partial charge in [0.05, 0.1) is 29.9 Å². The first-order valence-electron chi connectivity index (χ1n) is 8.43. The molecule has 0 spiro atoms. The Balaban J connectivity index is 1.60. The van der Waals surface area contributed by atoms with Crippen LogP contribution in [0.25, 0.3) is 0 Å². The van der Waals surface area contributed by atoms with Gasteiger partial charge in [0.2, 0.25) is 15.9 Å². The Hall–Kier alpha value is -2.49. The lowest BCUT2D eigenvalue weighted by Crippen LogP contribution is -2.34. The molecule has 0 unspecified atom stereocenters. The van der Waals surface area contributed by atoms with Crippen LogP contribution in [0.15, 0.2) is 76.4 Å². The molecule has 3 rings (SSSR count). The van der Waals surface area contributed by atoms with E-state index in [4.69, 9.17) is 0 Å². The number of anilines is 1. The highest BCUT2D eigenvalue weighted by molar-refractivity contribution is 9.10. The van der Waals surface area contributed by atoms with Crippen molar-refractivity contribution in [2.24, 2.45) is 0 Å². The molecule has 7 nitrogen and oxygen atoms in total. The van der Waals surface area contributed by atoms with Crippen molar-refractivity contribution in [3.8, 4) is 0 Å². The number of sulfonamides is 1. The fourth-order valence-electron chi connectivity index (χ4n) is 2.56. The summed E-state index contributed by atoms with van der Waals surface area (Å²) in [5.74, 6) is -0.442. The van der Waals surface area contributed by atoms with E-state index in [0.29, 0.717) is 12.2 Å². The van der Waals surface area contributed by atoms with Crippen molar-refractivity contribution >= 4 is 37.5 Å². The summed E-state index contributed by atoms with van der Waals surface area (Å²) >= 11 is 3.27. The number of rotatable bonds is 7. The van der Waals surface area contributed by atoms with Crippen molar-refractivity contribution < 1.29 is 13.2 Å². The average molecular weight is 463 g/mol. The Morgan fingerprint density at radius 3 is 2.50 bits per heavy atom. The van der Waals surface area contributed by atoms with Gasteiger partial charge < -0.3 is 5.32 Å². The minimum atomic E-state index is -3.75. The van der Waals surface area contributed by atoms with Gasteiger partial charge in [0, 0.05) is 17.7 Å². The number of carbonyl (C=O) groups excluding carboxylic acids is 1. The van der Waals surface area contributed by atoms with Gasteiger partial charge in [-0.05, 0) is 29.8 Å². The summed E-state index contributed by atoms with van der Waals surface area (Å²) in [4.78, 5) is 12.4. The predicted octanol–water partition coefficient (Wildman–Crippen LogP) is 2.95. The molecule has 3 aromatic rings. The molecular weight excluding hydrogens is 444 g/mol. The van der Waals surface area contributed by atoms with E-state index in [1.165, 1.54) is 25.4 Å². The number of halogens is 1. The van der Waals surface area contributed by atoms with E-state index in [1.54, 1.807) is 23.0 Å². The Labute approximate surface area is 172 Å². The molecule has 0 aliphatic heterocycles. The molecule has 0 radical (unpaired) electrons. The van der Waals surface area contributed by atoms with Crippen LogP contribution in [0.5, 0.6) is 0 Å². The number of carbonyl (C=O) groups is 1. The molecule has 1 amide bonds. The maximum Gasteiger partial charge on any atom is 0.243 e. The van der Waals surface area contributed by atoms with Crippen LogP contribution in [-0.2, 0) is 21.4 Å². The Kier molecular flexibility index (Phi) is 6.28. The zero-order valence-electron chi connectivity index (χ0n) is 15.1. The van der Waals surface area contributed by atoms with Gasteiger partial charge in [-0.15, -0.1) is 0 Å². The molecule has 0 saturated carbocycles. The molecule has 0 aliphatic carbocycles. The number of hydrogen-bond donors (Lipinski definition) is 1. The quantitative estimate of drug-likeness (QED) is 0.584. The predicted molar refractivity (Wildman–Crippen MR) is 110 cm³/mol. The SMILES string of the molecule is CN(CC(=O)Nc1cnn(Cc2ccccc2)c1)S(=O)(=O)c1ccc(Br)cc1. The van der Waals surface area contributed by atoms with Crippen LogP contribution in [0, 0.1) is 0 Å². The van der Waals surface area contributed by atoms with Crippen LogP contribution in [-0.4, -0.2) is 42.0 Å². The maximum atomic E-state index is 12.6. The van der Waals surface area contributed by atoms with E-state index in [0.717, 1.165) is 14.3 Å². The zero-order valence-corrected chi connectivity index (χ0v) is 17.5. The molecule has 28 heavy (non-hydrogen) atoms. The van der Waals surface area contributed by atoms with Crippen LogP contribution in [0.1, 0.15) is 5.56 Å². The first-order valence-corrected chi connectivity index (χ1v) is 10.7. The number of amides is 1. The highest BCUT2D eigenvalue weighted by atomic mass is 79.9. The molecule has 1 heterocycles. The summed E-state index contributed by atoms with van der Waals surface area (Å²) < 4.78 is 28.6. The summed E-state index contributed by atoms with van der Waals surface area (Å²) in [6.45, 7) is 0.275. The monoisotopic (exact) mass is 462 g/mol. The van der Waals surface area contributed by atoms with Crippen LogP contribution >= 0.6 is 15.9 Å². The van der Waals surface area contributed by atoms with E-state index < -0.39 is 15.9 Å². The fraction of sp³-hybridized carbons (Fsp3) is 0.158. The average Bonchev–Trinajstić information content (AvgIpc) is 3.09. The summed E-state index contributed by atoms with van der Waals surface area (Å²) in [5, 5.41) is 6.89. The molecule has 1 aromatic heterocycles. The van der Waals surface area contributed by atoms with Crippen molar-refractivity contribution in [1.29, 1.82) is 0 Å². The molecule has 0 bridgehead atoms. The van der Waals surface area contributed by atoms with Gasteiger partial charge in [0.25, 0.3) is 0 Å². The third-order valence-corrected chi connectivity index (χ3v) is 6.34. The lowest BCUT2D eigenvalue weighted by molar-refractivity contribution is -0.116. The van der Waals surface area contributed by atoms with Gasteiger partial charge in [-0.25, -0.2) is 8.42 Å². The number of nitrogens with zero attached hydrogens (tertiary/aromatic N) is 3. The highest BCUT2D eigenvalue weighted by Crippen LogP contribution is 2.18. The van der Waals surface area contributed by atoms with Crippen molar-refractivity contribution in [2.45, 2.75) is 11.4 Å². The lowest BCUT2D eigenvalue weighted by atomic mass is 10.2. The molecule has 0 aliphatic rings. The number of nitrogens with one attached hydrogen (secondary N) is 1. The van der Waals surface area contributed by atoms with Crippen molar-refractivity contribution in [1.82, 2.24) is 14.1 Å². The van der Waals surface area contributed by atoms with Crippen LogP contribution in [0.2, 0.25) is 0 Å². The minimum Gasteiger partial charge on any atom is -0.322 e. The number of aromatic nitrogens is 2. The molecule has 0 atom stereocenters. The summed E-state index contributed by atoms with van der Waals surface area (Å²) in [7, 11) is -2.38. The molecule has 2 aromatic carbocycles. The second-order valence-electron chi connectivity index (χ2n) is 6.18. The van der Waals surface area contributed by atoms with Gasteiger partial charge in [-0.2, -0.15) is 9.40 Å². The number of hydrogen-bond acceptors (Lipinski definition) is 4. The Morgan fingerprint density at radius 1 is 1.14 bits per heavy atom. The molecular formula is C19H19BrN4O3S. The standard InChI is InChI=1S/C19H19BrN4O3S/c1-23(28(26,27)18-9-7-16(20)8-10-18)14-19(25)22-17-11-21-24(13-17)12-15-5-3-2-4-6-15/h2-11,13H,12,14H2,1H3,(H,22,25). The lowest BCUT2D eigenvalue weighted by Gasteiger charge is -2.16. The van der Waals surface area contributed by atoms with Crippen LogP contribution < -0.4 is 5.32 Å². The van der Waals surface area contributed by atoms with Crippen molar-refractivity contribution in [3.05, 3.63) is 77.0 Å². The normalized spacial score (nSPS) is 11.5. The number of likely N-dealkylation sites (N-methyl/N-ethyl adjacent to an activating group) is 1. The van der Waals surface area contributed by atoms with E-state index in [1.807, 2.05) is 30.3 Å². The third-order valence-electron chi connectivity index (χ3n) is 3.99. The van der Waals surface area contributed by atoms with Crippen molar-refractivity contribution in [2.75, 3.05) is 18.9 Å². The Morgan fingerprint density at radius 2 is 1.82 bits per heavy atom. The molecule has 0 fully saturated rings. The van der Waals surface area contributed by atoms with Crippen molar-refractivity contribution in [3.63, 3.8) is 0 Å². The van der Waals surface area contributed by atoms with Gasteiger partial charge in [0.1, 0.15) is 0 Å². The van der Waals surface area contributed by atoms with Gasteiger partial charge in [-0.3, -0.25) is 9.48 Å². The van der Waals surface area contributed by atoms with E-state index in [-0.39, 0.29) is 11.4 Å². The molecule has 146 valence electrons. The minimum absolute atomic E-state index is 0.127. The highest BCUT2D eigenvalue weighted by Gasteiger charge is 2.23. The molecule has 1 N–H and O–H groups in total. The molecule has 0 saturated heterocycles. The smallest absolute Gasteiger partial charge is 0.243 e. The zero-order chi connectivity index (χ0) is 20.1. The van der Waals surface area contributed by atoms with Crippen LogP contribution in [0.3, 0.4) is 0 Å². The third kappa shape index (κ3) is 5.06. The van der Waals surface area contributed by atoms with Crippen LogP contribution in [0.4, 0.5) is 5.69 Å². The first kappa shape index (κ1) is 20.2. The summed E-state index contributed by atoms with van der Waals surface area (Å²) in [6.07, 6.45) is 3.23. The summed E-state index contributed by atoms with van der Waals surface area (Å²) in [5.41, 5.74) is 1.60. The first-order chi connectivity index (χ1) is 13.3. The van der Waals surface area contributed by atoms with Gasteiger partial charge in [0.15, 0.2) is 0 Å². The largest absolute Gasteiger partial charge is 0.322 e. The van der Waals surface area contributed by atoms with Gasteiger partial charge in [-0.1, -0.05) is 46.3 Å². The maximum absolute atomic E-state index is 12.6. The van der Waals surface area contributed by atoms with E-state index in [9.17, 15) is 13.2 Å². The Bertz CT molecular complexity index is 1050. The second-order valence-corrected chi connectivity index (χ2v) is 9.14. The van der Waals surface area contributed by atoms with E-state index >= 15 is 0 Å². The van der Waals surface area contributed by atoms with Gasteiger partial charge >= 0.3 is 0 Å². The second kappa shape index (κ2) is 8.68. The topological polar surface area (TPSA) is 84.3 Å². The summed E-state index contributed by atoms with van der Waals surface area (Å²) in [6, 6.07) is 16.1.